The Balaban J connectivity index is 0.00000261. The van der Waals surface area contributed by atoms with Gasteiger partial charge in [-0.15, -0.1) is 35.3 Å². The largest absolute Gasteiger partial charge is 0.364 e. The maximum absolute atomic E-state index is 4.92. The summed E-state index contributed by atoms with van der Waals surface area (Å²) in [5, 5.41) is 10.8. The Morgan fingerprint density at radius 1 is 1.33 bits per heavy atom. The summed E-state index contributed by atoms with van der Waals surface area (Å²) in [5.41, 5.74) is 2.11. The summed E-state index contributed by atoms with van der Waals surface area (Å²) < 4.78 is 4.92. The molecule has 2 aromatic rings. The van der Waals surface area contributed by atoms with Crippen molar-refractivity contribution in [1.82, 2.24) is 25.3 Å². The quantitative estimate of drug-likeness (QED) is 0.271. The van der Waals surface area contributed by atoms with Gasteiger partial charge in [0, 0.05) is 69.4 Å². The van der Waals surface area contributed by atoms with Crippen molar-refractivity contribution in [2.75, 3.05) is 39.3 Å². The maximum Gasteiger partial charge on any atom is 0.194 e. The average molecular weight is 504 g/mol. The first-order valence-electron chi connectivity index (χ1n) is 9.30. The summed E-state index contributed by atoms with van der Waals surface area (Å²) in [4.78, 5) is 14.1. The standard InChI is InChI=1S/C18H28N6OS.HI/c1-3-19-18(20-7-4-5-17-21-15(2)14-26-17)24-10-8-23(9-11-24)13-16-6-12-25-22-16;/h6,12,14H,3-5,7-11,13H2,1-2H3,(H,19,20);1H. The fourth-order valence-corrected chi connectivity index (χ4v) is 3.84. The smallest absolute Gasteiger partial charge is 0.194 e. The van der Waals surface area contributed by atoms with Crippen LogP contribution in [0.15, 0.2) is 27.2 Å². The van der Waals surface area contributed by atoms with E-state index in [-0.39, 0.29) is 24.0 Å². The first kappa shape index (κ1) is 22.1. The lowest BCUT2D eigenvalue weighted by molar-refractivity contribution is 0.169. The fourth-order valence-electron chi connectivity index (χ4n) is 3.02. The molecule has 0 spiro atoms. The number of piperazine rings is 1. The van der Waals surface area contributed by atoms with Crippen molar-refractivity contribution >= 4 is 41.3 Å². The highest BCUT2D eigenvalue weighted by Gasteiger charge is 2.20. The van der Waals surface area contributed by atoms with Gasteiger partial charge < -0.3 is 14.7 Å². The molecule has 0 radical (unpaired) electrons. The Bertz CT molecular complexity index is 682. The van der Waals surface area contributed by atoms with E-state index in [1.54, 1.807) is 17.6 Å². The van der Waals surface area contributed by atoms with Gasteiger partial charge in [-0.1, -0.05) is 5.16 Å². The Hall–Kier alpha value is -1.20. The summed E-state index contributed by atoms with van der Waals surface area (Å²) in [6.07, 6.45) is 3.68. The van der Waals surface area contributed by atoms with Crippen LogP contribution in [-0.2, 0) is 13.0 Å². The zero-order chi connectivity index (χ0) is 18.2. The fraction of sp³-hybridized carbons (Fsp3) is 0.611. The molecule has 1 aliphatic heterocycles. The van der Waals surface area contributed by atoms with E-state index in [9.17, 15) is 0 Å². The minimum absolute atomic E-state index is 0. The van der Waals surface area contributed by atoms with Gasteiger partial charge in [0.25, 0.3) is 0 Å². The monoisotopic (exact) mass is 504 g/mol. The van der Waals surface area contributed by atoms with E-state index < -0.39 is 0 Å². The number of aromatic nitrogens is 2. The summed E-state index contributed by atoms with van der Waals surface area (Å²) in [7, 11) is 0. The Kier molecular flexibility index (Phi) is 9.49. The van der Waals surface area contributed by atoms with Crippen LogP contribution < -0.4 is 5.32 Å². The van der Waals surface area contributed by atoms with Gasteiger partial charge in [0.15, 0.2) is 5.96 Å². The van der Waals surface area contributed by atoms with Crippen LogP contribution in [0, 0.1) is 6.92 Å². The number of rotatable bonds is 7. The van der Waals surface area contributed by atoms with Crippen molar-refractivity contribution in [3.63, 3.8) is 0 Å². The van der Waals surface area contributed by atoms with Crippen molar-refractivity contribution in [2.24, 2.45) is 4.99 Å². The van der Waals surface area contributed by atoms with Crippen LogP contribution in [0.5, 0.6) is 0 Å². The normalized spacial score (nSPS) is 15.6. The van der Waals surface area contributed by atoms with Gasteiger partial charge in [-0.05, 0) is 20.3 Å². The molecule has 0 bridgehead atoms. The summed E-state index contributed by atoms with van der Waals surface area (Å²) in [5.74, 6) is 1.03. The van der Waals surface area contributed by atoms with Crippen molar-refractivity contribution in [2.45, 2.75) is 33.2 Å². The average Bonchev–Trinajstić information content (AvgIpc) is 3.30. The Labute approximate surface area is 182 Å². The van der Waals surface area contributed by atoms with E-state index in [0.717, 1.165) is 76.0 Å². The molecule has 0 atom stereocenters. The molecule has 0 aromatic carbocycles. The van der Waals surface area contributed by atoms with Crippen molar-refractivity contribution < 1.29 is 4.52 Å². The number of nitrogens with zero attached hydrogens (tertiary/aromatic N) is 5. The van der Waals surface area contributed by atoms with Crippen LogP contribution in [-0.4, -0.2) is 65.2 Å². The summed E-state index contributed by atoms with van der Waals surface area (Å²) in [6, 6.07) is 1.93. The SMILES string of the molecule is CCNC(=NCCCc1nc(C)cs1)N1CCN(Cc2ccon2)CC1.I. The molecule has 27 heavy (non-hydrogen) atoms. The highest BCUT2D eigenvalue weighted by atomic mass is 127. The Morgan fingerprint density at radius 2 is 2.15 bits per heavy atom. The van der Waals surface area contributed by atoms with Crippen molar-refractivity contribution in [3.8, 4) is 0 Å². The molecule has 0 unspecified atom stereocenters. The van der Waals surface area contributed by atoms with E-state index in [0.29, 0.717) is 0 Å². The number of nitrogens with one attached hydrogen (secondary N) is 1. The van der Waals surface area contributed by atoms with Gasteiger partial charge in [0.2, 0.25) is 0 Å². The summed E-state index contributed by atoms with van der Waals surface area (Å²) >= 11 is 1.75. The molecule has 0 amide bonds. The van der Waals surface area contributed by atoms with Crippen LogP contribution in [0.1, 0.15) is 29.7 Å². The van der Waals surface area contributed by atoms with Crippen molar-refractivity contribution in [3.05, 3.63) is 34.1 Å². The van der Waals surface area contributed by atoms with Crippen LogP contribution in [0.4, 0.5) is 0 Å². The molecule has 0 saturated carbocycles. The van der Waals surface area contributed by atoms with Gasteiger partial charge in [-0.25, -0.2) is 4.98 Å². The predicted octanol–water partition coefficient (Wildman–Crippen LogP) is 2.77. The molecule has 2 aromatic heterocycles. The minimum Gasteiger partial charge on any atom is -0.364 e. The third-order valence-corrected chi connectivity index (χ3v) is 5.39. The topological polar surface area (TPSA) is 69.8 Å². The zero-order valence-corrected chi connectivity index (χ0v) is 19.2. The second-order valence-electron chi connectivity index (χ2n) is 6.48. The number of aliphatic imine (C=N–C) groups is 1. The molecule has 9 heteroatoms. The lowest BCUT2D eigenvalue weighted by Crippen LogP contribution is -2.52. The highest BCUT2D eigenvalue weighted by Crippen LogP contribution is 2.11. The number of guanidine groups is 1. The minimum atomic E-state index is 0. The number of halogens is 1. The van der Waals surface area contributed by atoms with Gasteiger partial charge in [-0.2, -0.15) is 0 Å². The Morgan fingerprint density at radius 3 is 2.78 bits per heavy atom. The van der Waals surface area contributed by atoms with Crippen LogP contribution in [0.2, 0.25) is 0 Å². The number of thiazole rings is 1. The number of hydrogen-bond acceptors (Lipinski definition) is 6. The predicted molar refractivity (Wildman–Crippen MR) is 120 cm³/mol. The van der Waals surface area contributed by atoms with E-state index >= 15 is 0 Å². The van der Waals surface area contributed by atoms with Gasteiger partial charge in [0.05, 0.1) is 10.7 Å². The lowest BCUT2D eigenvalue weighted by atomic mass is 10.3. The van der Waals surface area contributed by atoms with Gasteiger partial charge in [0.1, 0.15) is 6.26 Å². The van der Waals surface area contributed by atoms with Gasteiger partial charge >= 0.3 is 0 Å². The first-order chi connectivity index (χ1) is 12.7. The molecule has 1 aliphatic rings. The molecule has 3 rings (SSSR count). The molecule has 0 aliphatic carbocycles. The molecule has 3 heterocycles. The van der Waals surface area contributed by atoms with E-state index in [1.165, 1.54) is 5.01 Å². The maximum atomic E-state index is 4.92. The molecule has 1 fully saturated rings. The van der Waals surface area contributed by atoms with Crippen molar-refractivity contribution in [1.29, 1.82) is 0 Å². The second kappa shape index (κ2) is 11.6. The molecule has 150 valence electrons. The van der Waals surface area contributed by atoms with Gasteiger partial charge in [-0.3, -0.25) is 9.89 Å². The molecule has 1 saturated heterocycles. The number of aryl methyl sites for hydroxylation is 2. The van der Waals surface area contributed by atoms with Crippen LogP contribution in [0.25, 0.3) is 0 Å². The van der Waals surface area contributed by atoms with E-state index in [1.807, 2.05) is 13.0 Å². The molecule has 7 nitrogen and oxygen atoms in total. The molecule has 1 N–H and O–H groups in total. The third-order valence-electron chi connectivity index (χ3n) is 4.36. The highest BCUT2D eigenvalue weighted by molar-refractivity contribution is 14.0. The molecular weight excluding hydrogens is 475 g/mol. The van der Waals surface area contributed by atoms with E-state index in [4.69, 9.17) is 9.52 Å². The second-order valence-corrected chi connectivity index (χ2v) is 7.42. The lowest BCUT2D eigenvalue weighted by Gasteiger charge is -2.36. The zero-order valence-electron chi connectivity index (χ0n) is 16.1. The molecular formula is C18H29IN6OS. The third kappa shape index (κ3) is 7.04. The van der Waals surface area contributed by atoms with Crippen LogP contribution >= 0.6 is 35.3 Å². The number of hydrogen-bond donors (Lipinski definition) is 1. The first-order valence-corrected chi connectivity index (χ1v) is 10.2. The van der Waals surface area contributed by atoms with Crippen LogP contribution in [0.3, 0.4) is 0 Å². The summed E-state index contributed by atoms with van der Waals surface area (Å²) in [6.45, 7) is 10.7. The van der Waals surface area contributed by atoms with E-state index in [2.05, 4.69) is 37.6 Å².